The monoisotopic (exact) mass is 262 g/mol. The van der Waals surface area contributed by atoms with E-state index >= 15 is 0 Å². The molecule has 1 heterocycles. The number of benzene rings is 1. The molecule has 4 heteroatoms. The van der Waals surface area contributed by atoms with Crippen LogP contribution in [0.3, 0.4) is 0 Å². The summed E-state index contributed by atoms with van der Waals surface area (Å²) in [5.41, 5.74) is 1.58. The van der Waals surface area contributed by atoms with Crippen molar-refractivity contribution < 1.29 is 4.42 Å². The van der Waals surface area contributed by atoms with E-state index in [-0.39, 0.29) is 6.54 Å². The molecule has 0 amide bonds. The van der Waals surface area contributed by atoms with Crippen molar-refractivity contribution in [3.05, 3.63) is 52.1 Å². The predicted molar refractivity (Wildman–Crippen MR) is 59.9 cm³/mol. The van der Waals surface area contributed by atoms with Gasteiger partial charge in [-0.3, -0.25) is 0 Å². The van der Waals surface area contributed by atoms with Gasteiger partial charge in [0.2, 0.25) is 5.89 Å². The summed E-state index contributed by atoms with van der Waals surface area (Å²) in [7, 11) is 0. The van der Waals surface area contributed by atoms with Crippen molar-refractivity contribution in [3.63, 3.8) is 0 Å². The van der Waals surface area contributed by atoms with Gasteiger partial charge < -0.3 is 9.26 Å². The van der Waals surface area contributed by atoms with Gasteiger partial charge in [0.25, 0.3) is 6.54 Å². The normalized spacial score (nSPS) is 9.87. The van der Waals surface area contributed by atoms with E-state index < -0.39 is 0 Å². The van der Waals surface area contributed by atoms with Crippen LogP contribution in [-0.4, -0.2) is 4.98 Å². The lowest BCUT2D eigenvalue weighted by atomic mass is 10.2. The number of nitrogens with zero attached hydrogens (tertiary/aromatic N) is 2. The van der Waals surface area contributed by atoms with Gasteiger partial charge in [-0.15, -0.1) is 0 Å². The molecule has 0 saturated carbocycles. The molecule has 0 N–H and O–H groups in total. The first-order valence-corrected chi connectivity index (χ1v) is 5.12. The van der Waals surface area contributed by atoms with Gasteiger partial charge in [0.15, 0.2) is 5.69 Å². The molecule has 0 saturated heterocycles. The molecule has 0 atom stereocenters. The molecule has 0 aliphatic rings. The van der Waals surface area contributed by atoms with Crippen molar-refractivity contribution in [2.75, 3.05) is 0 Å². The smallest absolute Gasteiger partial charge is 0.259 e. The van der Waals surface area contributed by atoms with E-state index in [1.165, 1.54) is 6.26 Å². The van der Waals surface area contributed by atoms with Gasteiger partial charge in [-0.2, -0.15) is 0 Å². The summed E-state index contributed by atoms with van der Waals surface area (Å²) < 4.78 is 6.29. The third-order valence-corrected chi connectivity index (χ3v) is 2.41. The fourth-order valence-corrected chi connectivity index (χ4v) is 1.45. The van der Waals surface area contributed by atoms with Gasteiger partial charge in [-0.1, -0.05) is 15.9 Å². The second-order valence-corrected chi connectivity index (χ2v) is 3.88. The van der Waals surface area contributed by atoms with Crippen molar-refractivity contribution in [3.8, 4) is 11.5 Å². The predicted octanol–water partition coefficient (Wildman–Crippen LogP) is 3.52. The Morgan fingerprint density at radius 2 is 2.07 bits per heavy atom. The third-order valence-electron chi connectivity index (χ3n) is 1.88. The van der Waals surface area contributed by atoms with Crippen LogP contribution in [0.2, 0.25) is 0 Å². The molecule has 74 valence electrons. The van der Waals surface area contributed by atoms with E-state index in [9.17, 15) is 0 Å². The molecule has 15 heavy (non-hydrogen) atoms. The lowest BCUT2D eigenvalue weighted by molar-refractivity contribution is 0.573. The highest BCUT2D eigenvalue weighted by atomic mass is 79.9. The average Bonchev–Trinajstić information content (AvgIpc) is 2.68. The maximum atomic E-state index is 6.72. The van der Waals surface area contributed by atoms with E-state index in [1.807, 2.05) is 24.3 Å². The fourth-order valence-electron chi connectivity index (χ4n) is 1.19. The summed E-state index contributed by atoms with van der Waals surface area (Å²) in [5.74, 6) is 0.557. The van der Waals surface area contributed by atoms with Crippen LogP contribution in [0, 0.1) is 6.57 Å². The first-order valence-electron chi connectivity index (χ1n) is 4.33. The zero-order chi connectivity index (χ0) is 10.7. The Balaban J connectivity index is 2.30. The fraction of sp³-hybridized carbons (Fsp3) is 0.0909. The van der Waals surface area contributed by atoms with Gasteiger partial charge in [-0.05, 0) is 24.3 Å². The SMILES string of the molecule is [C-]#[N+]Cc1coc(-c2ccc(Br)cc2)n1. The molecule has 3 nitrogen and oxygen atoms in total. The Hall–Kier alpha value is -1.60. The first kappa shape index (κ1) is 9.94. The van der Waals surface area contributed by atoms with Gasteiger partial charge in [0, 0.05) is 10.0 Å². The standard InChI is InChI=1S/C11H7BrN2O/c1-13-6-10-7-15-11(14-10)8-2-4-9(12)5-3-8/h2-5,7H,6H2. The Labute approximate surface area is 95.7 Å². The van der Waals surface area contributed by atoms with Crippen LogP contribution in [0.4, 0.5) is 0 Å². The zero-order valence-electron chi connectivity index (χ0n) is 7.77. The largest absolute Gasteiger partial charge is 0.444 e. The molecular formula is C11H7BrN2O. The summed E-state index contributed by atoms with van der Waals surface area (Å²) in [6, 6.07) is 7.68. The van der Waals surface area contributed by atoms with Crippen molar-refractivity contribution in [1.82, 2.24) is 4.98 Å². The van der Waals surface area contributed by atoms with Gasteiger partial charge in [0.05, 0.1) is 0 Å². The average molecular weight is 263 g/mol. The number of halogens is 1. The van der Waals surface area contributed by atoms with Crippen LogP contribution in [0.15, 0.2) is 39.4 Å². The second-order valence-electron chi connectivity index (χ2n) is 2.97. The molecule has 2 rings (SSSR count). The van der Waals surface area contributed by atoms with Crippen molar-refractivity contribution in [1.29, 1.82) is 0 Å². The maximum Gasteiger partial charge on any atom is 0.259 e. The van der Waals surface area contributed by atoms with Gasteiger partial charge in [-0.25, -0.2) is 11.6 Å². The summed E-state index contributed by atoms with van der Waals surface area (Å²) >= 11 is 3.36. The highest BCUT2D eigenvalue weighted by Gasteiger charge is 2.07. The number of rotatable bonds is 2. The van der Waals surface area contributed by atoms with Crippen molar-refractivity contribution in [2.45, 2.75) is 6.54 Å². The van der Waals surface area contributed by atoms with Crippen LogP contribution < -0.4 is 0 Å². The lowest BCUT2D eigenvalue weighted by Crippen LogP contribution is -1.80. The Bertz CT molecular complexity index is 496. The number of oxazole rings is 1. The minimum Gasteiger partial charge on any atom is -0.444 e. The summed E-state index contributed by atoms with van der Waals surface area (Å²) in [6.45, 7) is 6.98. The lowest BCUT2D eigenvalue weighted by Gasteiger charge is -1.94. The maximum absolute atomic E-state index is 6.72. The molecule has 2 aromatic rings. The minimum atomic E-state index is 0.264. The van der Waals surface area contributed by atoms with Crippen LogP contribution in [-0.2, 0) is 6.54 Å². The first-order chi connectivity index (χ1) is 7.29. The molecule has 0 fully saturated rings. The summed E-state index contributed by atoms with van der Waals surface area (Å²) in [4.78, 5) is 7.45. The number of hydrogen-bond acceptors (Lipinski definition) is 2. The number of aromatic nitrogens is 1. The quantitative estimate of drug-likeness (QED) is 0.776. The summed E-state index contributed by atoms with van der Waals surface area (Å²) in [5, 5.41) is 0. The highest BCUT2D eigenvalue weighted by Crippen LogP contribution is 2.21. The summed E-state index contributed by atoms with van der Waals surface area (Å²) in [6.07, 6.45) is 1.52. The van der Waals surface area contributed by atoms with E-state index in [1.54, 1.807) is 0 Å². The Morgan fingerprint density at radius 3 is 2.73 bits per heavy atom. The molecule has 0 unspecified atom stereocenters. The minimum absolute atomic E-state index is 0.264. The Kier molecular flexibility index (Phi) is 2.84. The van der Waals surface area contributed by atoms with Crippen LogP contribution in [0.5, 0.6) is 0 Å². The third kappa shape index (κ3) is 2.25. The molecule has 0 aliphatic carbocycles. The molecule has 0 spiro atoms. The van der Waals surface area contributed by atoms with Crippen molar-refractivity contribution >= 4 is 15.9 Å². The number of hydrogen-bond donors (Lipinski definition) is 0. The van der Waals surface area contributed by atoms with Crippen LogP contribution >= 0.6 is 15.9 Å². The van der Waals surface area contributed by atoms with E-state index in [2.05, 4.69) is 25.8 Å². The van der Waals surface area contributed by atoms with Gasteiger partial charge in [0.1, 0.15) is 6.26 Å². The van der Waals surface area contributed by atoms with Crippen molar-refractivity contribution in [2.24, 2.45) is 0 Å². The highest BCUT2D eigenvalue weighted by molar-refractivity contribution is 9.10. The van der Waals surface area contributed by atoms with E-state index in [4.69, 9.17) is 11.0 Å². The van der Waals surface area contributed by atoms with E-state index in [0.717, 1.165) is 10.0 Å². The molecular weight excluding hydrogens is 256 g/mol. The Morgan fingerprint density at radius 1 is 1.33 bits per heavy atom. The second kappa shape index (κ2) is 4.28. The molecule has 0 aliphatic heterocycles. The topological polar surface area (TPSA) is 30.4 Å². The van der Waals surface area contributed by atoms with E-state index in [0.29, 0.717) is 11.6 Å². The van der Waals surface area contributed by atoms with Crippen LogP contribution in [0.25, 0.3) is 16.3 Å². The molecule has 0 bridgehead atoms. The van der Waals surface area contributed by atoms with Gasteiger partial charge >= 0.3 is 0 Å². The molecule has 1 aromatic heterocycles. The zero-order valence-corrected chi connectivity index (χ0v) is 9.36. The van der Waals surface area contributed by atoms with Crippen LogP contribution in [0.1, 0.15) is 5.69 Å². The molecule has 0 radical (unpaired) electrons. The molecule has 1 aromatic carbocycles.